The summed E-state index contributed by atoms with van der Waals surface area (Å²) in [7, 11) is 15.6. The zero-order valence-corrected chi connectivity index (χ0v) is 56.4. The van der Waals surface area contributed by atoms with Crippen LogP contribution in [0.25, 0.3) is 12.2 Å². The van der Waals surface area contributed by atoms with Crippen LogP contribution in [-0.2, 0) is 51.1 Å². The molecule has 506 valence electrons. The van der Waals surface area contributed by atoms with Gasteiger partial charge in [-0.25, -0.2) is 18.4 Å². The average molecular weight is 1300 g/mol. The third kappa shape index (κ3) is 20.3. The van der Waals surface area contributed by atoms with Gasteiger partial charge in [-0.1, -0.05) is 97.5 Å². The molecule has 18 nitrogen and oxygen atoms in total. The van der Waals surface area contributed by atoms with Gasteiger partial charge in [0.1, 0.15) is 70.2 Å². The summed E-state index contributed by atoms with van der Waals surface area (Å²) in [6.07, 6.45) is 5.85. The molecular formula is C72H92B2F2N2O16. The van der Waals surface area contributed by atoms with Crippen LogP contribution >= 0.6 is 0 Å². The fourth-order valence-corrected chi connectivity index (χ4v) is 10.6. The van der Waals surface area contributed by atoms with Gasteiger partial charge in [-0.05, 0) is 135 Å². The number of ether oxygens (including phenoxy) is 12. The molecule has 4 radical (unpaired) electrons. The summed E-state index contributed by atoms with van der Waals surface area (Å²) in [4.78, 5) is 50.8. The molecule has 2 saturated heterocycles. The second kappa shape index (κ2) is 31.9. The molecule has 0 aliphatic carbocycles. The van der Waals surface area contributed by atoms with Crippen molar-refractivity contribution in [1.29, 1.82) is 0 Å². The molecule has 4 aliphatic heterocycles. The molecule has 0 bridgehead atoms. The van der Waals surface area contributed by atoms with E-state index in [0.717, 1.165) is 11.1 Å². The van der Waals surface area contributed by atoms with Gasteiger partial charge in [-0.2, -0.15) is 0 Å². The summed E-state index contributed by atoms with van der Waals surface area (Å²) in [5, 5.41) is 2.53. The number of fused-ring (bicyclic) bond motifs is 2. The van der Waals surface area contributed by atoms with Gasteiger partial charge in [0.05, 0.1) is 39.6 Å². The van der Waals surface area contributed by atoms with Crippen LogP contribution in [0.5, 0.6) is 23.0 Å². The normalized spacial score (nSPS) is 21.5. The molecule has 22 heteroatoms. The van der Waals surface area contributed by atoms with Crippen molar-refractivity contribution in [2.45, 2.75) is 190 Å². The number of hydrogen-bond donors (Lipinski definition) is 1. The molecule has 8 atom stereocenters. The average Bonchev–Trinajstić information content (AvgIpc) is 1.07. The van der Waals surface area contributed by atoms with E-state index in [1.165, 1.54) is 18.0 Å². The molecule has 8 rings (SSSR count). The second-order valence-corrected chi connectivity index (χ2v) is 26.0. The monoisotopic (exact) mass is 1300 g/mol. The Morgan fingerprint density at radius 3 is 1.35 bits per heavy atom. The predicted molar refractivity (Wildman–Crippen MR) is 359 cm³/mol. The SMILES string of the molecule is C.[B]C(=O)N(C)c1cc(/C=C/C[C@@H]2OC(C)(C)O[C@@H]2[C@H](OCc2ccc(OC)cc2)/C(F)=C\[C@@H](C)C(C)C)c2c(c1)OC(C)(C)OC2=O.[B]C(=O)Nc1cc(/C=C/C[C@@H]2OC(C)(C)O[C@@H]2[C@H](OCc2ccc(OC)cc2)/C(F)=C\[C@@H](C)C(C)C)c2c(c1)OC(C)(C)OC2=O. The Morgan fingerprint density at radius 1 is 0.585 bits per heavy atom. The Morgan fingerprint density at radius 2 is 0.979 bits per heavy atom. The Balaban J connectivity index is 0.000000295. The van der Waals surface area contributed by atoms with Crippen LogP contribution in [0, 0.1) is 23.7 Å². The summed E-state index contributed by atoms with van der Waals surface area (Å²) in [6, 6.07) is 21.1. The summed E-state index contributed by atoms with van der Waals surface area (Å²) in [5.41, 5.74) is 3.75. The van der Waals surface area contributed by atoms with E-state index in [4.69, 9.17) is 72.5 Å². The summed E-state index contributed by atoms with van der Waals surface area (Å²) < 4.78 is 103. The lowest BCUT2D eigenvalue weighted by Gasteiger charge is -2.33. The Kier molecular flexibility index (Phi) is 25.7. The molecule has 2 fully saturated rings. The molecule has 94 heavy (non-hydrogen) atoms. The summed E-state index contributed by atoms with van der Waals surface area (Å²) in [5.74, 6) is -5.61. The van der Waals surface area contributed by atoms with Crippen LogP contribution < -0.4 is 29.2 Å². The van der Waals surface area contributed by atoms with Crippen molar-refractivity contribution in [3.8, 4) is 23.0 Å². The van der Waals surface area contributed by atoms with E-state index >= 15 is 8.78 Å². The van der Waals surface area contributed by atoms with Gasteiger partial charge in [0, 0.05) is 58.3 Å². The van der Waals surface area contributed by atoms with E-state index in [-0.39, 0.29) is 79.8 Å². The van der Waals surface area contributed by atoms with Crippen molar-refractivity contribution in [2.24, 2.45) is 23.7 Å². The lowest BCUT2D eigenvalue weighted by Crippen LogP contribution is -2.39. The zero-order chi connectivity index (χ0) is 68.5. The minimum Gasteiger partial charge on any atom is -0.497 e. The summed E-state index contributed by atoms with van der Waals surface area (Å²) in [6.45, 7) is 25.9. The number of nitrogens with zero attached hydrogens (tertiary/aromatic N) is 1. The highest BCUT2D eigenvalue weighted by Crippen LogP contribution is 2.42. The Labute approximate surface area is 555 Å². The number of hydrogen-bond acceptors (Lipinski definition) is 16. The van der Waals surface area contributed by atoms with Gasteiger partial charge in [-0.3, -0.25) is 9.59 Å². The summed E-state index contributed by atoms with van der Waals surface area (Å²) >= 11 is 0. The lowest BCUT2D eigenvalue weighted by molar-refractivity contribution is -0.158. The van der Waals surface area contributed by atoms with Crippen molar-refractivity contribution < 1.29 is 84.8 Å². The van der Waals surface area contributed by atoms with Gasteiger partial charge in [0.2, 0.25) is 27.3 Å². The molecule has 4 aromatic rings. The number of esters is 2. The third-order valence-electron chi connectivity index (χ3n) is 16.1. The minimum absolute atomic E-state index is 0. The maximum atomic E-state index is 16.1. The van der Waals surface area contributed by atoms with Gasteiger partial charge in [0.15, 0.2) is 23.2 Å². The number of carbonyl (C=O) groups excluding carboxylic acids is 4. The van der Waals surface area contributed by atoms with E-state index in [0.29, 0.717) is 34.0 Å². The van der Waals surface area contributed by atoms with Gasteiger partial charge in [-0.15, -0.1) is 0 Å². The van der Waals surface area contributed by atoms with E-state index < -0.39 is 95.0 Å². The number of allylic oxidation sites excluding steroid dienone is 2. The molecule has 0 aromatic heterocycles. The van der Waals surface area contributed by atoms with Gasteiger partial charge in [0.25, 0.3) is 0 Å². The van der Waals surface area contributed by atoms with Crippen molar-refractivity contribution in [2.75, 3.05) is 31.5 Å². The number of carbonyl (C=O) groups is 4. The molecule has 2 amide bonds. The molecule has 0 unspecified atom stereocenters. The Bertz CT molecular complexity index is 3420. The molecule has 4 heterocycles. The number of halogens is 2. The van der Waals surface area contributed by atoms with Crippen LogP contribution in [0.2, 0.25) is 0 Å². The fraction of sp³-hybridized carbons (Fsp3) is 0.500. The second-order valence-electron chi connectivity index (χ2n) is 26.0. The first-order valence-electron chi connectivity index (χ1n) is 31.2. The van der Waals surface area contributed by atoms with E-state index in [9.17, 15) is 19.2 Å². The maximum absolute atomic E-state index is 16.1. The number of amides is 2. The van der Waals surface area contributed by atoms with Crippen LogP contribution in [0.15, 0.2) is 109 Å². The fourth-order valence-electron chi connectivity index (χ4n) is 10.6. The highest BCUT2D eigenvalue weighted by molar-refractivity contribution is 6.60. The highest BCUT2D eigenvalue weighted by atomic mass is 19.1. The lowest BCUT2D eigenvalue weighted by atomic mass is 9.95. The molecule has 4 aliphatic rings. The first-order chi connectivity index (χ1) is 43.6. The molecule has 1 N–H and O–H groups in total. The quantitative estimate of drug-likeness (QED) is 0.0513. The number of benzene rings is 4. The van der Waals surface area contributed by atoms with Crippen LogP contribution in [0.4, 0.5) is 29.7 Å². The number of methoxy groups -OCH3 is 2. The van der Waals surface area contributed by atoms with Gasteiger partial charge >= 0.3 is 11.9 Å². The van der Waals surface area contributed by atoms with Crippen molar-refractivity contribution >= 4 is 62.8 Å². The maximum Gasteiger partial charge on any atom is 0.345 e. The molecule has 0 spiro atoms. The van der Waals surface area contributed by atoms with Crippen molar-refractivity contribution in [1.82, 2.24) is 0 Å². The largest absolute Gasteiger partial charge is 0.497 e. The first kappa shape index (κ1) is 75.7. The third-order valence-corrected chi connectivity index (χ3v) is 16.1. The van der Waals surface area contributed by atoms with Crippen LogP contribution in [-0.4, -0.2) is 120 Å². The van der Waals surface area contributed by atoms with Crippen LogP contribution in [0.1, 0.15) is 160 Å². The highest BCUT2D eigenvalue weighted by Gasteiger charge is 2.49. The van der Waals surface area contributed by atoms with E-state index in [1.54, 1.807) is 124 Å². The van der Waals surface area contributed by atoms with E-state index in [1.807, 2.05) is 90.1 Å². The smallest absolute Gasteiger partial charge is 0.345 e. The van der Waals surface area contributed by atoms with Crippen LogP contribution in [0.3, 0.4) is 0 Å². The van der Waals surface area contributed by atoms with Crippen molar-refractivity contribution in [3.05, 3.63) is 142 Å². The standard InChI is InChI=1S/C36H45BFNO8.C35H43BFNO8.CH4/c1-21(2)22(3)17-27(38)31(43-20-23-13-15-26(42-9)16-14-23)32-28(44-35(4,5)46-32)12-10-11-24-18-25(39(8)34(37)41)19-29-30(24)33(40)47-36(6,7)45-29;1-20(2)21(3)16-26(37)30(42-19-22-12-14-25(41-8)15-13-22)31-27(43-34(4,5)45-31)11-9-10-23-17-24(38-33(36)40)18-28-29(23)32(39)46-35(6,7)44-28;/h10-11,13-19,21-22,28,31-32H,12,20H2,1-9H3;9-10,12-18,20-21,27,30-31H,11,19H2,1-8H3,(H,38,40);1H4/b11-10+,27-17+;10-9+,26-16+;/t22-,28+,31-,32+;21-,27+,30-,31+;/m11./s1. The topological polar surface area (TPSA) is 194 Å². The predicted octanol–water partition coefficient (Wildman–Crippen LogP) is 15.3. The molecular weight excluding hydrogens is 1210 g/mol. The Hall–Kier alpha value is -7.33. The molecule has 4 aromatic carbocycles. The number of rotatable bonds is 24. The van der Waals surface area contributed by atoms with Crippen molar-refractivity contribution in [3.63, 3.8) is 0 Å². The number of anilines is 2. The van der Waals surface area contributed by atoms with E-state index in [2.05, 4.69) is 5.32 Å². The first-order valence-corrected chi connectivity index (χ1v) is 31.2. The molecule has 0 saturated carbocycles. The van der Waals surface area contributed by atoms with Gasteiger partial charge < -0.3 is 67.1 Å². The zero-order valence-electron chi connectivity index (χ0n) is 56.4. The number of cyclic esters (lactones) is 2. The minimum atomic E-state index is -1.20. The number of nitrogens with one attached hydrogen (secondary N) is 1.